The molecular formula is C25H19FIN3O5. The van der Waals surface area contributed by atoms with Crippen LogP contribution >= 0.6 is 22.6 Å². The van der Waals surface area contributed by atoms with Gasteiger partial charge in [-0.3, -0.25) is 19.8 Å². The third-order valence-electron chi connectivity index (χ3n) is 4.96. The highest BCUT2D eigenvalue weighted by Gasteiger charge is 2.34. The summed E-state index contributed by atoms with van der Waals surface area (Å²) < 4.78 is 25.4. The van der Waals surface area contributed by atoms with E-state index in [1.54, 1.807) is 42.5 Å². The van der Waals surface area contributed by atoms with Crippen LogP contribution in [-0.2, 0) is 14.4 Å². The van der Waals surface area contributed by atoms with Crippen molar-refractivity contribution >= 4 is 57.8 Å². The van der Waals surface area contributed by atoms with Gasteiger partial charge in [-0.25, -0.2) is 9.40 Å². The lowest BCUT2D eigenvalue weighted by Gasteiger charge is -2.14. The molecular weight excluding hydrogens is 568 g/mol. The zero-order chi connectivity index (χ0) is 24.9. The highest BCUT2D eigenvalue weighted by Crippen LogP contribution is 2.35. The first-order valence-corrected chi connectivity index (χ1v) is 11.4. The average molecular weight is 587 g/mol. The fourth-order valence-electron chi connectivity index (χ4n) is 3.33. The maximum Gasteiger partial charge on any atom is 0.282 e. The molecule has 0 radical (unpaired) electrons. The molecule has 2 N–H and O–H groups in total. The minimum Gasteiger partial charge on any atom is -0.493 e. The predicted molar refractivity (Wildman–Crippen MR) is 136 cm³/mol. The lowest BCUT2D eigenvalue weighted by Crippen LogP contribution is -2.35. The van der Waals surface area contributed by atoms with Crippen molar-refractivity contribution in [2.75, 3.05) is 24.0 Å². The van der Waals surface area contributed by atoms with E-state index in [1.165, 1.54) is 36.4 Å². The second kappa shape index (κ2) is 10.6. The Labute approximate surface area is 213 Å². The van der Waals surface area contributed by atoms with Crippen LogP contribution in [0.5, 0.6) is 11.5 Å². The van der Waals surface area contributed by atoms with E-state index in [-0.39, 0.29) is 17.9 Å². The number of carbonyl (C=O) groups excluding carboxylic acids is 3. The molecule has 1 aliphatic rings. The van der Waals surface area contributed by atoms with Crippen LogP contribution in [0.3, 0.4) is 0 Å². The van der Waals surface area contributed by atoms with Crippen LogP contribution in [0.4, 0.5) is 15.8 Å². The molecule has 3 aromatic rings. The number of amides is 3. The lowest BCUT2D eigenvalue weighted by molar-refractivity contribution is -0.118. The van der Waals surface area contributed by atoms with Crippen LogP contribution in [0.25, 0.3) is 6.08 Å². The summed E-state index contributed by atoms with van der Waals surface area (Å²) in [4.78, 5) is 37.5. The van der Waals surface area contributed by atoms with Gasteiger partial charge in [0, 0.05) is 0 Å². The quantitative estimate of drug-likeness (QED) is 0.248. The van der Waals surface area contributed by atoms with Crippen LogP contribution < -0.4 is 25.2 Å². The Morgan fingerprint density at radius 1 is 1.11 bits per heavy atom. The SMILES string of the molecule is COc1cc(/C=C2/C(=O)NN(c3ccccc3)C2=O)cc(I)c1OCC(=O)Nc1ccccc1F. The van der Waals surface area contributed by atoms with Gasteiger partial charge in [0.2, 0.25) is 0 Å². The molecule has 0 saturated carbocycles. The van der Waals surface area contributed by atoms with Crippen LogP contribution in [0.1, 0.15) is 5.56 Å². The fraction of sp³-hybridized carbons (Fsp3) is 0.0800. The second-order valence-electron chi connectivity index (χ2n) is 7.33. The Kier molecular flexibility index (Phi) is 7.30. The number of nitrogens with one attached hydrogen (secondary N) is 2. The number of hydrazine groups is 1. The van der Waals surface area contributed by atoms with Crippen molar-refractivity contribution in [2.24, 2.45) is 0 Å². The number of halogens is 2. The molecule has 1 aliphatic heterocycles. The molecule has 1 heterocycles. The molecule has 0 spiro atoms. The Hall–Kier alpha value is -3.93. The van der Waals surface area contributed by atoms with E-state index in [2.05, 4.69) is 10.7 Å². The molecule has 35 heavy (non-hydrogen) atoms. The van der Waals surface area contributed by atoms with Gasteiger partial charge in [0.1, 0.15) is 11.4 Å². The third-order valence-corrected chi connectivity index (χ3v) is 5.77. The van der Waals surface area contributed by atoms with Crippen molar-refractivity contribution in [3.05, 3.63) is 87.3 Å². The van der Waals surface area contributed by atoms with E-state index in [1.807, 2.05) is 28.7 Å². The lowest BCUT2D eigenvalue weighted by atomic mass is 10.1. The largest absolute Gasteiger partial charge is 0.493 e. The van der Waals surface area contributed by atoms with Gasteiger partial charge in [0.25, 0.3) is 17.7 Å². The first-order chi connectivity index (χ1) is 16.9. The summed E-state index contributed by atoms with van der Waals surface area (Å²) in [5.74, 6) is -1.52. The van der Waals surface area contributed by atoms with Gasteiger partial charge in [-0.1, -0.05) is 30.3 Å². The molecule has 1 saturated heterocycles. The zero-order valence-corrected chi connectivity index (χ0v) is 20.5. The first kappa shape index (κ1) is 24.2. The predicted octanol–water partition coefficient (Wildman–Crippen LogP) is 3.92. The number of benzene rings is 3. The van der Waals surface area contributed by atoms with Crippen molar-refractivity contribution < 1.29 is 28.2 Å². The molecule has 0 aromatic heterocycles. The summed E-state index contributed by atoms with van der Waals surface area (Å²) in [5.41, 5.74) is 3.63. The van der Waals surface area contributed by atoms with Crippen LogP contribution in [0, 0.1) is 9.39 Å². The molecule has 0 atom stereocenters. The summed E-state index contributed by atoms with van der Waals surface area (Å²) in [6.45, 7) is -0.381. The van der Waals surface area contributed by atoms with E-state index in [9.17, 15) is 18.8 Å². The van der Waals surface area contributed by atoms with Gasteiger partial charge >= 0.3 is 0 Å². The molecule has 0 unspecified atom stereocenters. The zero-order valence-electron chi connectivity index (χ0n) is 18.4. The Balaban J connectivity index is 1.51. The Morgan fingerprint density at radius 2 is 1.83 bits per heavy atom. The number of carbonyl (C=O) groups is 3. The summed E-state index contributed by atoms with van der Waals surface area (Å²) in [7, 11) is 1.43. The van der Waals surface area contributed by atoms with Crippen LogP contribution in [0.15, 0.2) is 72.3 Å². The molecule has 8 nitrogen and oxygen atoms in total. The fourth-order valence-corrected chi connectivity index (χ4v) is 4.11. The van der Waals surface area contributed by atoms with Crippen molar-refractivity contribution in [1.29, 1.82) is 0 Å². The van der Waals surface area contributed by atoms with E-state index in [0.717, 1.165) is 0 Å². The van der Waals surface area contributed by atoms with Crippen molar-refractivity contribution in [2.45, 2.75) is 0 Å². The van der Waals surface area contributed by atoms with Crippen molar-refractivity contribution in [3.63, 3.8) is 0 Å². The highest BCUT2D eigenvalue weighted by atomic mass is 127. The third kappa shape index (κ3) is 5.43. The number of hydrogen-bond acceptors (Lipinski definition) is 5. The second-order valence-corrected chi connectivity index (χ2v) is 8.49. The minimum atomic E-state index is -0.554. The molecule has 178 valence electrons. The van der Waals surface area contributed by atoms with E-state index >= 15 is 0 Å². The normalized spacial score (nSPS) is 14.1. The summed E-state index contributed by atoms with van der Waals surface area (Å²) in [6.07, 6.45) is 1.46. The smallest absolute Gasteiger partial charge is 0.282 e. The summed E-state index contributed by atoms with van der Waals surface area (Å²) in [5, 5.41) is 3.63. The van der Waals surface area contributed by atoms with Crippen LogP contribution in [-0.4, -0.2) is 31.4 Å². The van der Waals surface area contributed by atoms with E-state index < -0.39 is 23.5 Å². The molecule has 10 heteroatoms. The first-order valence-electron chi connectivity index (χ1n) is 10.3. The van der Waals surface area contributed by atoms with Crippen molar-refractivity contribution in [3.8, 4) is 11.5 Å². The molecule has 0 aliphatic carbocycles. The number of para-hydroxylation sites is 2. The standard InChI is InChI=1S/C25H19FIN3O5/c1-34-21-13-15(11-17-24(32)29-30(25(17)33)16-7-3-2-4-8-16)12-19(27)23(21)35-14-22(31)28-20-10-6-5-9-18(20)26/h2-13H,14H2,1H3,(H,28,31)(H,29,32)/b17-11-. The van der Waals surface area contributed by atoms with E-state index in [0.29, 0.717) is 26.3 Å². The number of anilines is 2. The summed E-state index contributed by atoms with van der Waals surface area (Å²) in [6, 6.07) is 17.8. The van der Waals surface area contributed by atoms with Gasteiger partial charge in [-0.15, -0.1) is 0 Å². The average Bonchev–Trinajstić information content (AvgIpc) is 3.13. The topological polar surface area (TPSA) is 97.0 Å². The van der Waals surface area contributed by atoms with Gasteiger partial charge in [-0.2, -0.15) is 0 Å². The van der Waals surface area contributed by atoms with Gasteiger partial charge in [-0.05, 0) is 70.6 Å². The maximum absolute atomic E-state index is 13.7. The number of methoxy groups -OCH3 is 1. The van der Waals surface area contributed by atoms with Crippen molar-refractivity contribution in [1.82, 2.24) is 5.43 Å². The van der Waals surface area contributed by atoms with Crippen LogP contribution in [0.2, 0.25) is 0 Å². The number of nitrogens with zero attached hydrogens (tertiary/aromatic N) is 1. The van der Waals surface area contributed by atoms with Gasteiger partial charge in [0.15, 0.2) is 18.1 Å². The molecule has 0 bridgehead atoms. The Morgan fingerprint density at radius 3 is 2.54 bits per heavy atom. The Bertz CT molecular complexity index is 1330. The number of rotatable bonds is 7. The van der Waals surface area contributed by atoms with Gasteiger partial charge in [0.05, 0.1) is 22.1 Å². The molecule has 1 fully saturated rings. The minimum absolute atomic E-state index is 0.0374. The molecule has 4 rings (SSSR count). The molecule has 3 aromatic carbocycles. The van der Waals surface area contributed by atoms with Gasteiger partial charge < -0.3 is 14.8 Å². The summed E-state index contributed by atoms with van der Waals surface area (Å²) >= 11 is 2.00. The molecule has 3 amide bonds. The highest BCUT2D eigenvalue weighted by molar-refractivity contribution is 14.1. The monoisotopic (exact) mass is 587 g/mol. The number of ether oxygens (including phenoxy) is 2. The van der Waals surface area contributed by atoms with E-state index in [4.69, 9.17) is 9.47 Å². The number of hydrogen-bond donors (Lipinski definition) is 2. The maximum atomic E-state index is 13.7.